The molecule has 0 saturated heterocycles. The van der Waals surface area contributed by atoms with E-state index in [0.29, 0.717) is 12.8 Å². The van der Waals surface area contributed by atoms with Crippen molar-refractivity contribution in [3.63, 3.8) is 0 Å². The summed E-state index contributed by atoms with van der Waals surface area (Å²) in [6, 6.07) is -0.560. The van der Waals surface area contributed by atoms with Crippen LogP contribution in [0.25, 0.3) is 0 Å². The molecule has 0 aliphatic carbocycles. The van der Waals surface area contributed by atoms with Crippen LogP contribution in [0, 0.1) is 0 Å². The number of rotatable bonds is 29. The van der Waals surface area contributed by atoms with E-state index in [2.05, 4.69) is 92.1 Å². The van der Waals surface area contributed by atoms with Crippen molar-refractivity contribution < 1.29 is 15.0 Å². The van der Waals surface area contributed by atoms with Gasteiger partial charge in [0.05, 0.1) is 18.8 Å². The van der Waals surface area contributed by atoms with Gasteiger partial charge in [-0.05, 0) is 64.2 Å². The highest BCUT2D eigenvalue weighted by atomic mass is 16.3. The minimum absolute atomic E-state index is 0.0806. The van der Waals surface area contributed by atoms with E-state index in [1.165, 1.54) is 44.9 Å². The summed E-state index contributed by atoms with van der Waals surface area (Å²) in [5.74, 6) is -0.0806. The second-order valence-electron chi connectivity index (χ2n) is 11.2. The van der Waals surface area contributed by atoms with Crippen molar-refractivity contribution in [2.75, 3.05) is 6.61 Å². The highest BCUT2D eigenvalue weighted by Crippen LogP contribution is 2.13. The number of hydrogen-bond donors (Lipinski definition) is 3. The Morgan fingerprint density at radius 3 is 1.52 bits per heavy atom. The highest BCUT2D eigenvalue weighted by Gasteiger charge is 2.19. The van der Waals surface area contributed by atoms with Crippen LogP contribution in [0.2, 0.25) is 0 Å². The molecule has 2 unspecified atom stereocenters. The lowest BCUT2D eigenvalue weighted by Gasteiger charge is -2.22. The summed E-state index contributed by atoms with van der Waals surface area (Å²) in [6.45, 7) is 4.17. The molecular weight excluding hydrogens is 518 g/mol. The zero-order valence-electron chi connectivity index (χ0n) is 27.2. The van der Waals surface area contributed by atoms with E-state index in [0.717, 1.165) is 70.6 Å². The van der Waals surface area contributed by atoms with Gasteiger partial charge in [-0.3, -0.25) is 4.79 Å². The van der Waals surface area contributed by atoms with E-state index in [1.807, 2.05) is 0 Å². The normalized spacial score (nSPS) is 14.1. The first-order valence-electron chi connectivity index (χ1n) is 17.1. The van der Waals surface area contributed by atoms with Gasteiger partial charge < -0.3 is 15.5 Å². The third-order valence-electron chi connectivity index (χ3n) is 7.23. The number of aliphatic hydroxyl groups is 2. The zero-order chi connectivity index (χ0) is 30.8. The second kappa shape index (κ2) is 33.3. The van der Waals surface area contributed by atoms with Gasteiger partial charge in [-0.1, -0.05) is 145 Å². The van der Waals surface area contributed by atoms with Crippen molar-refractivity contribution in [1.29, 1.82) is 0 Å². The molecule has 240 valence electrons. The largest absolute Gasteiger partial charge is 0.394 e. The Morgan fingerprint density at radius 1 is 0.595 bits per heavy atom. The third-order valence-corrected chi connectivity index (χ3v) is 7.23. The average Bonchev–Trinajstić information content (AvgIpc) is 2.99. The van der Waals surface area contributed by atoms with E-state index >= 15 is 0 Å². The van der Waals surface area contributed by atoms with Crippen LogP contribution in [0.1, 0.15) is 142 Å². The Balaban J connectivity index is 3.75. The van der Waals surface area contributed by atoms with E-state index in [1.54, 1.807) is 0 Å². The van der Waals surface area contributed by atoms with Crippen LogP contribution in [0.15, 0.2) is 72.9 Å². The second-order valence-corrected chi connectivity index (χ2v) is 11.2. The van der Waals surface area contributed by atoms with E-state index < -0.39 is 12.1 Å². The van der Waals surface area contributed by atoms with Gasteiger partial charge >= 0.3 is 0 Å². The predicted octanol–water partition coefficient (Wildman–Crippen LogP) is 10.0. The number of unbranched alkanes of at least 4 members (excludes halogenated alkanes) is 10. The summed E-state index contributed by atoms with van der Waals surface area (Å²) >= 11 is 0. The van der Waals surface area contributed by atoms with Gasteiger partial charge in [-0.2, -0.15) is 0 Å². The van der Waals surface area contributed by atoms with Crippen LogP contribution in [0.3, 0.4) is 0 Å². The molecule has 0 bridgehead atoms. The lowest BCUT2D eigenvalue weighted by atomic mass is 10.0. The van der Waals surface area contributed by atoms with E-state index in [9.17, 15) is 15.0 Å². The molecule has 3 N–H and O–H groups in total. The molecular formula is C38H65NO3. The first-order valence-corrected chi connectivity index (χ1v) is 17.1. The molecule has 42 heavy (non-hydrogen) atoms. The van der Waals surface area contributed by atoms with Gasteiger partial charge in [-0.25, -0.2) is 0 Å². The minimum atomic E-state index is -0.678. The molecule has 0 saturated carbocycles. The standard InChI is InChI=1S/C38H65NO3/c1-3-5-7-9-11-13-14-15-16-17-18-19-20-21-22-23-24-26-28-30-32-34-38(42)39-36(35-40)37(41)33-31-29-27-25-12-10-8-6-4-2/h5,7,11,13,15-16,18-19,21-22,24,26,36-37,40-41H,3-4,6,8-10,12,14,17,20,23,25,27-35H2,1-2H3,(H,39,42)/b7-5-,13-11-,16-15-,19-18-,22-21-,26-24-. The van der Waals surface area contributed by atoms with Crippen LogP contribution in [-0.2, 0) is 4.79 Å². The first-order chi connectivity index (χ1) is 20.7. The van der Waals surface area contributed by atoms with Gasteiger partial charge in [0.15, 0.2) is 0 Å². The molecule has 0 heterocycles. The zero-order valence-corrected chi connectivity index (χ0v) is 27.2. The Morgan fingerprint density at radius 2 is 1.05 bits per heavy atom. The number of carbonyl (C=O) groups is 1. The Hall–Kier alpha value is -2.17. The first kappa shape index (κ1) is 39.8. The topological polar surface area (TPSA) is 69.6 Å². The van der Waals surface area contributed by atoms with E-state index in [-0.39, 0.29) is 12.5 Å². The maximum Gasteiger partial charge on any atom is 0.220 e. The maximum atomic E-state index is 12.3. The van der Waals surface area contributed by atoms with Crippen LogP contribution in [0.5, 0.6) is 0 Å². The van der Waals surface area contributed by atoms with Crippen LogP contribution >= 0.6 is 0 Å². The molecule has 4 heteroatoms. The summed E-state index contributed by atoms with van der Waals surface area (Å²) in [5, 5.41) is 22.9. The van der Waals surface area contributed by atoms with Crippen LogP contribution in [-0.4, -0.2) is 34.9 Å². The van der Waals surface area contributed by atoms with Crippen molar-refractivity contribution in [2.24, 2.45) is 0 Å². The Bertz CT molecular complexity index is 762. The summed E-state index contributed by atoms with van der Waals surface area (Å²) in [4.78, 5) is 12.3. The molecule has 0 aliphatic heterocycles. The van der Waals surface area contributed by atoms with Crippen molar-refractivity contribution in [1.82, 2.24) is 5.32 Å². The molecule has 2 atom stereocenters. The van der Waals surface area contributed by atoms with Gasteiger partial charge in [0.2, 0.25) is 5.91 Å². The number of hydrogen-bond acceptors (Lipinski definition) is 3. The minimum Gasteiger partial charge on any atom is -0.394 e. The number of nitrogens with one attached hydrogen (secondary N) is 1. The molecule has 0 rings (SSSR count). The number of carbonyl (C=O) groups excluding carboxylic acids is 1. The summed E-state index contributed by atoms with van der Waals surface area (Å²) in [5.41, 5.74) is 0. The monoisotopic (exact) mass is 583 g/mol. The number of amides is 1. The molecule has 0 aliphatic rings. The highest BCUT2D eigenvalue weighted by molar-refractivity contribution is 5.76. The Kier molecular flexibility index (Phi) is 31.6. The quantitative estimate of drug-likeness (QED) is 0.0606. The fourth-order valence-corrected chi connectivity index (χ4v) is 4.60. The molecule has 0 aromatic carbocycles. The third kappa shape index (κ3) is 29.3. The molecule has 0 spiro atoms. The van der Waals surface area contributed by atoms with Gasteiger partial charge in [0, 0.05) is 6.42 Å². The summed E-state index contributed by atoms with van der Waals surface area (Å²) in [7, 11) is 0. The maximum absolute atomic E-state index is 12.3. The lowest BCUT2D eigenvalue weighted by Crippen LogP contribution is -2.45. The molecule has 0 fully saturated rings. The SMILES string of the molecule is CC/C=C\C/C=C\C/C=C\C/C=C\C/C=C\C/C=C\CCCCC(=O)NC(CO)C(O)CCCCCCCCCCC. The van der Waals surface area contributed by atoms with E-state index in [4.69, 9.17) is 0 Å². The van der Waals surface area contributed by atoms with Crippen LogP contribution in [0.4, 0.5) is 0 Å². The van der Waals surface area contributed by atoms with Crippen molar-refractivity contribution in [3.8, 4) is 0 Å². The Labute approximate surface area is 259 Å². The van der Waals surface area contributed by atoms with Crippen molar-refractivity contribution in [3.05, 3.63) is 72.9 Å². The average molecular weight is 584 g/mol. The summed E-state index contributed by atoms with van der Waals surface area (Å²) < 4.78 is 0. The van der Waals surface area contributed by atoms with Crippen molar-refractivity contribution in [2.45, 2.75) is 154 Å². The van der Waals surface area contributed by atoms with Crippen molar-refractivity contribution >= 4 is 5.91 Å². The molecule has 4 nitrogen and oxygen atoms in total. The summed E-state index contributed by atoms with van der Waals surface area (Å²) in [6.07, 6.45) is 46.7. The predicted molar refractivity (Wildman–Crippen MR) is 184 cm³/mol. The number of allylic oxidation sites excluding steroid dienone is 12. The number of aliphatic hydroxyl groups excluding tert-OH is 2. The van der Waals surface area contributed by atoms with Gasteiger partial charge in [-0.15, -0.1) is 0 Å². The smallest absolute Gasteiger partial charge is 0.220 e. The molecule has 0 radical (unpaired) electrons. The molecule has 1 amide bonds. The van der Waals surface area contributed by atoms with Gasteiger partial charge in [0.1, 0.15) is 0 Å². The van der Waals surface area contributed by atoms with Gasteiger partial charge in [0.25, 0.3) is 0 Å². The molecule has 0 aromatic rings. The molecule has 0 aromatic heterocycles. The lowest BCUT2D eigenvalue weighted by molar-refractivity contribution is -0.123. The fraction of sp³-hybridized carbons (Fsp3) is 0.658. The van der Waals surface area contributed by atoms with Crippen LogP contribution < -0.4 is 5.32 Å². The fourth-order valence-electron chi connectivity index (χ4n) is 4.60.